The van der Waals surface area contributed by atoms with E-state index in [1.165, 1.54) is 0 Å². The summed E-state index contributed by atoms with van der Waals surface area (Å²) in [6.45, 7) is 0.748. The molecule has 0 spiro atoms. The molecule has 1 amide bonds. The zero-order valence-electron chi connectivity index (χ0n) is 27.8. The summed E-state index contributed by atoms with van der Waals surface area (Å²) in [6.07, 6.45) is 0.188. The van der Waals surface area contributed by atoms with E-state index in [0.717, 1.165) is 16.8 Å². The van der Waals surface area contributed by atoms with Crippen molar-refractivity contribution in [1.29, 1.82) is 0 Å². The van der Waals surface area contributed by atoms with Crippen molar-refractivity contribution in [3.8, 4) is 62.8 Å². The number of hydrogen-bond acceptors (Lipinski definition) is 11. The van der Waals surface area contributed by atoms with Gasteiger partial charge in [0.15, 0.2) is 40.3 Å². The first kappa shape index (κ1) is 32.9. The first-order valence-electron chi connectivity index (χ1n) is 15.5. The quantitative estimate of drug-likeness (QED) is 0.122. The first-order chi connectivity index (χ1) is 24.0. The summed E-state index contributed by atoms with van der Waals surface area (Å²) in [7, 11) is 7.84. The molecule has 2 heterocycles. The first-order valence-corrected chi connectivity index (χ1v) is 15.5. The molecule has 0 saturated heterocycles. The summed E-state index contributed by atoms with van der Waals surface area (Å²) < 4.78 is 45.4. The van der Waals surface area contributed by atoms with Gasteiger partial charge in [-0.1, -0.05) is 23.4 Å². The number of amides is 1. The molecule has 2 N–H and O–H groups in total. The smallest absolute Gasteiger partial charge is 0.255 e. The normalized spacial score (nSPS) is 13.4. The van der Waals surface area contributed by atoms with E-state index < -0.39 is 6.17 Å². The second kappa shape index (κ2) is 14.8. The Morgan fingerprint density at radius 3 is 2.04 bits per heavy atom. The molecule has 0 bridgehead atoms. The zero-order chi connectivity index (χ0) is 34.3. The molecule has 1 atom stereocenters. The molecule has 254 valence electrons. The van der Waals surface area contributed by atoms with E-state index in [1.54, 1.807) is 53.7 Å². The molecular formula is C37H37N3O9. The molecule has 6 rings (SSSR count). The SMILES string of the molecule is COc1cc(C2NC(=O)c3ccccc3N2)ccc1OCCCOc1cc(-c2cc(-c3cc(OC)c(OC)c(OC)c3)on2)ccc1OC. The molecule has 0 aliphatic carbocycles. The van der Waals surface area contributed by atoms with Crippen molar-refractivity contribution < 1.29 is 42.5 Å². The van der Waals surface area contributed by atoms with E-state index in [9.17, 15) is 4.79 Å². The highest BCUT2D eigenvalue weighted by atomic mass is 16.5. The van der Waals surface area contributed by atoms with Crippen LogP contribution in [0.4, 0.5) is 5.69 Å². The van der Waals surface area contributed by atoms with Crippen LogP contribution in [0, 0.1) is 0 Å². The van der Waals surface area contributed by atoms with Gasteiger partial charge < -0.3 is 48.3 Å². The number of nitrogens with zero attached hydrogens (tertiary/aromatic N) is 1. The lowest BCUT2D eigenvalue weighted by atomic mass is 10.1. The number of benzene rings is 4. The number of carbonyl (C=O) groups is 1. The Hall–Kier alpha value is -6.04. The zero-order valence-corrected chi connectivity index (χ0v) is 27.8. The van der Waals surface area contributed by atoms with Crippen LogP contribution in [0.25, 0.3) is 22.6 Å². The summed E-state index contributed by atoms with van der Waals surface area (Å²) in [4.78, 5) is 12.6. The predicted molar refractivity (Wildman–Crippen MR) is 182 cm³/mol. The number of nitrogens with one attached hydrogen (secondary N) is 2. The van der Waals surface area contributed by atoms with Crippen LogP contribution in [-0.2, 0) is 0 Å². The minimum Gasteiger partial charge on any atom is -0.493 e. The van der Waals surface area contributed by atoms with Crippen molar-refractivity contribution in [3.05, 3.63) is 90.0 Å². The third kappa shape index (κ3) is 6.98. The van der Waals surface area contributed by atoms with Crippen molar-refractivity contribution in [2.45, 2.75) is 12.6 Å². The number of ether oxygens (including phenoxy) is 7. The minimum absolute atomic E-state index is 0.137. The molecule has 1 aliphatic heterocycles. The highest BCUT2D eigenvalue weighted by Gasteiger charge is 2.25. The van der Waals surface area contributed by atoms with Crippen molar-refractivity contribution in [2.24, 2.45) is 0 Å². The molecular weight excluding hydrogens is 630 g/mol. The van der Waals surface area contributed by atoms with Crippen molar-refractivity contribution in [1.82, 2.24) is 10.5 Å². The molecule has 12 nitrogen and oxygen atoms in total. The topological polar surface area (TPSA) is 132 Å². The fourth-order valence-corrected chi connectivity index (χ4v) is 5.50. The minimum atomic E-state index is -0.400. The second-order valence-electron chi connectivity index (χ2n) is 10.9. The maximum Gasteiger partial charge on any atom is 0.255 e. The van der Waals surface area contributed by atoms with Gasteiger partial charge in [-0.2, -0.15) is 0 Å². The molecule has 0 saturated carbocycles. The Bertz CT molecular complexity index is 1920. The Labute approximate surface area is 283 Å². The van der Waals surface area contributed by atoms with Crippen LogP contribution in [0.15, 0.2) is 83.4 Å². The number of fused-ring (bicyclic) bond motifs is 1. The predicted octanol–water partition coefficient (Wildman–Crippen LogP) is 6.75. The van der Waals surface area contributed by atoms with E-state index in [2.05, 4.69) is 15.8 Å². The van der Waals surface area contributed by atoms with E-state index >= 15 is 0 Å². The van der Waals surface area contributed by atoms with Gasteiger partial charge in [0.2, 0.25) is 5.75 Å². The summed E-state index contributed by atoms with van der Waals surface area (Å²) in [5.41, 5.74) is 4.34. The largest absolute Gasteiger partial charge is 0.493 e. The Morgan fingerprint density at radius 2 is 1.33 bits per heavy atom. The Balaban J connectivity index is 1.08. The summed E-state index contributed by atoms with van der Waals surface area (Å²) in [5, 5.41) is 10.6. The molecule has 0 radical (unpaired) electrons. The summed E-state index contributed by atoms with van der Waals surface area (Å²) in [6, 6.07) is 24.0. The number of para-hydroxylation sites is 1. The van der Waals surface area contributed by atoms with Crippen LogP contribution in [0.2, 0.25) is 0 Å². The van der Waals surface area contributed by atoms with Crippen LogP contribution in [0.3, 0.4) is 0 Å². The lowest BCUT2D eigenvalue weighted by molar-refractivity contribution is 0.0935. The monoisotopic (exact) mass is 667 g/mol. The van der Waals surface area contributed by atoms with Crippen LogP contribution < -0.4 is 43.8 Å². The summed E-state index contributed by atoms with van der Waals surface area (Å²) in [5.74, 6) is 4.18. The van der Waals surface area contributed by atoms with Crippen LogP contribution in [0.1, 0.15) is 28.5 Å². The van der Waals surface area contributed by atoms with Crippen LogP contribution >= 0.6 is 0 Å². The van der Waals surface area contributed by atoms with Crippen molar-refractivity contribution in [3.63, 3.8) is 0 Å². The molecule has 12 heteroatoms. The lowest BCUT2D eigenvalue weighted by Crippen LogP contribution is -2.38. The van der Waals surface area contributed by atoms with Crippen LogP contribution in [0.5, 0.6) is 40.2 Å². The number of aromatic nitrogens is 1. The highest BCUT2D eigenvalue weighted by molar-refractivity contribution is 6.01. The van der Waals surface area contributed by atoms with Gasteiger partial charge in [-0.25, -0.2) is 0 Å². The third-order valence-corrected chi connectivity index (χ3v) is 7.99. The van der Waals surface area contributed by atoms with E-state index in [4.69, 9.17) is 37.7 Å². The van der Waals surface area contributed by atoms with Gasteiger partial charge in [0.25, 0.3) is 5.91 Å². The van der Waals surface area contributed by atoms with Gasteiger partial charge in [-0.3, -0.25) is 4.79 Å². The molecule has 1 unspecified atom stereocenters. The van der Waals surface area contributed by atoms with Crippen LogP contribution in [-0.4, -0.2) is 59.8 Å². The maximum atomic E-state index is 12.6. The van der Waals surface area contributed by atoms with E-state index in [1.807, 2.05) is 60.7 Å². The second-order valence-corrected chi connectivity index (χ2v) is 10.9. The number of hydrogen-bond donors (Lipinski definition) is 2. The lowest BCUT2D eigenvalue weighted by Gasteiger charge is -2.28. The molecule has 1 aromatic heterocycles. The standard InChI is InChI=1S/C37H37N3O9/c1-42-28-13-11-22(27-21-30(49-40-27)24-19-33(44-3)35(46-5)34(20-24)45-4)17-32(28)48-16-8-15-47-29-14-12-23(18-31(29)43-2)36-38-26-10-7-6-9-25(26)37(41)39-36/h6-7,9-14,17-21,36,38H,8,15-16H2,1-5H3,(H,39,41). The van der Waals surface area contributed by atoms with E-state index in [-0.39, 0.29) is 5.91 Å². The molecule has 4 aromatic carbocycles. The Kier molecular flexibility index (Phi) is 9.93. The molecule has 49 heavy (non-hydrogen) atoms. The maximum absolute atomic E-state index is 12.6. The number of methoxy groups -OCH3 is 5. The van der Waals surface area contributed by atoms with Gasteiger partial charge in [0, 0.05) is 29.3 Å². The fourth-order valence-electron chi connectivity index (χ4n) is 5.50. The number of anilines is 1. The van der Waals surface area contributed by atoms with Gasteiger partial charge in [-0.15, -0.1) is 0 Å². The fraction of sp³-hybridized carbons (Fsp3) is 0.243. The van der Waals surface area contributed by atoms with Gasteiger partial charge in [0.1, 0.15) is 11.9 Å². The van der Waals surface area contributed by atoms with Gasteiger partial charge in [0.05, 0.1) is 54.3 Å². The Morgan fingerprint density at radius 1 is 0.653 bits per heavy atom. The molecule has 5 aromatic rings. The third-order valence-electron chi connectivity index (χ3n) is 7.99. The van der Waals surface area contributed by atoms with E-state index in [0.29, 0.717) is 82.5 Å². The number of rotatable bonds is 14. The molecule has 0 fully saturated rings. The van der Waals surface area contributed by atoms with Crippen molar-refractivity contribution in [2.75, 3.05) is 54.1 Å². The molecule has 1 aliphatic rings. The van der Waals surface area contributed by atoms with Gasteiger partial charge in [-0.05, 0) is 60.2 Å². The van der Waals surface area contributed by atoms with Crippen molar-refractivity contribution >= 4 is 11.6 Å². The average Bonchev–Trinajstić information content (AvgIpc) is 3.64. The van der Waals surface area contributed by atoms with Gasteiger partial charge >= 0.3 is 0 Å². The highest BCUT2D eigenvalue weighted by Crippen LogP contribution is 2.42. The average molecular weight is 668 g/mol. The summed E-state index contributed by atoms with van der Waals surface area (Å²) >= 11 is 0. The number of carbonyl (C=O) groups excluding carboxylic acids is 1.